The Bertz CT molecular complexity index is 768. The Morgan fingerprint density at radius 2 is 2.07 bits per heavy atom. The maximum atomic E-state index is 12.8. The summed E-state index contributed by atoms with van der Waals surface area (Å²) in [5, 5.41) is 3.66. The number of rotatable bonds is 7. The number of hydrogen-bond donors (Lipinski definition) is 1. The first-order valence-corrected chi connectivity index (χ1v) is 10.2. The van der Waals surface area contributed by atoms with Crippen LogP contribution in [-0.4, -0.2) is 52.4 Å². The number of carbonyl (C=O) groups excluding carboxylic acids is 1. The van der Waals surface area contributed by atoms with Gasteiger partial charge in [0.25, 0.3) is 0 Å². The van der Waals surface area contributed by atoms with Crippen molar-refractivity contribution in [1.82, 2.24) is 19.8 Å². The van der Waals surface area contributed by atoms with Crippen molar-refractivity contribution < 1.29 is 14.3 Å². The van der Waals surface area contributed by atoms with Crippen molar-refractivity contribution >= 4 is 6.09 Å². The Kier molecular flexibility index (Phi) is 6.79. The zero-order valence-electron chi connectivity index (χ0n) is 17.8. The van der Waals surface area contributed by atoms with E-state index in [1.165, 1.54) is 0 Å². The van der Waals surface area contributed by atoms with Gasteiger partial charge in [0.2, 0.25) is 0 Å². The molecule has 1 aromatic heterocycles. The van der Waals surface area contributed by atoms with Crippen LogP contribution < -0.4 is 10.1 Å². The lowest BCUT2D eigenvalue weighted by atomic mass is 9.97. The number of benzene rings is 1. The molecule has 7 heteroatoms. The predicted molar refractivity (Wildman–Crippen MR) is 112 cm³/mol. The summed E-state index contributed by atoms with van der Waals surface area (Å²) < 4.78 is 13.0. The first kappa shape index (κ1) is 21.2. The van der Waals surface area contributed by atoms with Gasteiger partial charge in [-0.1, -0.05) is 12.1 Å². The van der Waals surface area contributed by atoms with Crippen LogP contribution in [0, 0.1) is 0 Å². The smallest absolute Gasteiger partial charge is 0.410 e. The molecule has 158 valence electrons. The fourth-order valence-electron chi connectivity index (χ4n) is 3.74. The van der Waals surface area contributed by atoms with E-state index in [2.05, 4.69) is 22.4 Å². The van der Waals surface area contributed by atoms with E-state index in [0.29, 0.717) is 0 Å². The van der Waals surface area contributed by atoms with E-state index in [1.807, 2.05) is 54.9 Å². The summed E-state index contributed by atoms with van der Waals surface area (Å²) >= 11 is 0. The van der Waals surface area contributed by atoms with Crippen LogP contribution in [0.1, 0.15) is 45.2 Å². The van der Waals surface area contributed by atoms with Crippen LogP contribution in [-0.2, 0) is 11.3 Å². The highest BCUT2D eigenvalue weighted by Crippen LogP contribution is 2.31. The third-order valence-corrected chi connectivity index (χ3v) is 5.08. The molecule has 1 aliphatic heterocycles. The van der Waals surface area contributed by atoms with Gasteiger partial charge in [0.15, 0.2) is 0 Å². The van der Waals surface area contributed by atoms with Gasteiger partial charge in [-0.3, -0.25) is 0 Å². The molecule has 0 unspecified atom stereocenters. The Hall–Kier alpha value is -2.54. The minimum absolute atomic E-state index is 0.0134. The molecular formula is C22H32N4O3. The Labute approximate surface area is 173 Å². The second kappa shape index (κ2) is 9.31. The van der Waals surface area contributed by atoms with Gasteiger partial charge >= 0.3 is 6.09 Å². The number of aromatic nitrogens is 2. The lowest BCUT2D eigenvalue weighted by Crippen LogP contribution is -2.46. The van der Waals surface area contributed by atoms with Crippen LogP contribution in [0.4, 0.5) is 4.79 Å². The van der Waals surface area contributed by atoms with Crippen molar-refractivity contribution in [2.24, 2.45) is 0 Å². The van der Waals surface area contributed by atoms with Crippen LogP contribution >= 0.6 is 0 Å². The van der Waals surface area contributed by atoms with Gasteiger partial charge in [-0.05, 0) is 51.3 Å². The van der Waals surface area contributed by atoms with Crippen molar-refractivity contribution in [3.05, 3.63) is 48.5 Å². The molecule has 0 saturated carbocycles. The van der Waals surface area contributed by atoms with Crippen LogP contribution in [0.25, 0.3) is 0 Å². The lowest BCUT2D eigenvalue weighted by Gasteiger charge is -2.34. The van der Waals surface area contributed by atoms with Gasteiger partial charge in [-0.25, -0.2) is 9.78 Å². The van der Waals surface area contributed by atoms with Crippen molar-refractivity contribution in [1.29, 1.82) is 0 Å². The normalized spacial score (nSPS) is 17.9. The predicted octanol–water partition coefficient (Wildman–Crippen LogP) is 3.62. The highest BCUT2D eigenvalue weighted by molar-refractivity contribution is 5.69. The average Bonchev–Trinajstić information content (AvgIpc) is 3.36. The van der Waals surface area contributed by atoms with E-state index < -0.39 is 5.60 Å². The minimum atomic E-state index is -0.505. The monoisotopic (exact) mass is 400 g/mol. The van der Waals surface area contributed by atoms with Crippen LogP contribution in [0.3, 0.4) is 0 Å². The Morgan fingerprint density at radius 3 is 2.69 bits per heavy atom. The van der Waals surface area contributed by atoms with Gasteiger partial charge in [0.1, 0.15) is 11.4 Å². The molecule has 1 aromatic carbocycles. The molecule has 2 atom stereocenters. The van der Waals surface area contributed by atoms with Gasteiger partial charge in [0.05, 0.1) is 25.5 Å². The van der Waals surface area contributed by atoms with E-state index in [9.17, 15) is 4.79 Å². The quantitative estimate of drug-likeness (QED) is 0.769. The molecular weight excluding hydrogens is 368 g/mol. The fourth-order valence-corrected chi connectivity index (χ4v) is 3.74. The van der Waals surface area contributed by atoms with E-state index in [4.69, 9.17) is 9.47 Å². The van der Waals surface area contributed by atoms with E-state index in [0.717, 1.165) is 43.8 Å². The molecule has 1 aliphatic rings. The third-order valence-electron chi connectivity index (χ3n) is 5.08. The summed E-state index contributed by atoms with van der Waals surface area (Å²) in [6.07, 6.45) is 7.21. The Balaban J connectivity index is 1.77. The molecule has 1 saturated heterocycles. The van der Waals surface area contributed by atoms with E-state index >= 15 is 0 Å². The van der Waals surface area contributed by atoms with Gasteiger partial charge < -0.3 is 24.3 Å². The topological polar surface area (TPSA) is 68.6 Å². The van der Waals surface area contributed by atoms with Crippen molar-refractivity contribution in [2.45, 2.75) is 57.8 Å². The molecule has 0 bridgehead atoms. The number of carbonyl (C=O) groups is 1. The summed E-state index contributed by atoms with van der Waals surface area (Å²) in [7, 11) is 1.66. The van der Waals surface area contributed by atoms with Crippen LogP contribution in [0.15, 0.2) is 43.0 Å². The summed E-state index contributed by atoms with van der Waals surface area (Å²) in [5.74, 6) is 0.821. The SMILES string of the molecule is COc1ccc([C@H](NCCn2ccnc2)[C@@H]2CCCN2C(=O)OC(C)(C)C)cc1. The number of nitrogens with one attached hydrogen (secondary N) is 1. The second-order valence-corrected chi connectivity index (χ2v) is 8.39. The van der Waals surface area contributed by atoms with Crippen LogP contribution in [0.5, 0.6) is 5.75 Å². The summed E-state index contributed by atoms with van der Waals surface area (Å²) in [5.41, 5.74) is 0.631. The number of methoxy groups -OCH3 is 1. The van der Waals surface area contributed by atoms with Gasteiger partial charge in [-0.2, -0.15) is 0 Å². The minimum Gasteiger partial charge on any atom is -0.497 e. The number of amides is 1. The number of hydrogen-bond acceptors (Lipinski definition) is 5. The maximum Gasteiger partial charge on any atom is 0.410 e. The van der Waals surface area contributed by atoms with Crippen molar-refractivity contribution in [2.75, 3.05) is 20.2 Å². The fraction of sp³-hybridized carbons (Fsp3) is 0.545. The zero-order valence-corrected chi connectivity index (χ0v) is 17.8. The molecule has 1 amide bonds. The highest BCUT2D eigenvalue weighted by Gasteiger charge is 2.37. The summed E-state index contributed by atoms with van der Waals surface area (Å²) in [6, 6.07) is 8.12. The number of imidazole rings is 1. The summed E-state index contributed by atoms with van der Waals surface area (Å²) in [4.78, 5) is 18.8. The molecule has 0 aliphatic carbocycles. The van der Waals surface area contributed by atoms with Crippen molar-refractivity contribution in [3.8, 4) is 5.75 Å². The number of ether oxygens (including phenoxy) is 2. The molecule has 29 heavy (non-hydrogen) atoms. The number of likely N-dealkylation sites (tertiary alicyclic amines) is 1. The highest BCUT2D eigenvalue weighted by atomic mass is 16.6. The van der Waals surface area contributed by atoms with Gasteiger partial charge in [0, 0.05) is 32.0 Å². The first-order valence-electron chi connectivity index (χ1n) is 10.2. The van der Waals surface area contributed by atoms with E-state index in [-0.39, 0.29) is 18.2 Å². The Morgan fingerprint density at radius 1 is 1.31 bits per heavy atom. The van der Waals surface area contributed by atoms with Gasteiger partial charge in [-0.15, -0.1) is 0 Å². The summed E-state index contributed by atoms with van der Waals surface area (Å²) in [6.45, 7) is 8.01. The van der Waals surface area contributed by atoms with Crippen LogP contribution in [0.2, 0.25) is 0 Å². The van der Waals surface area contributed by atoms with E-state index in [1.54, 1.807) is 13.3 Å². The second-order valence-electron chi connectivity index (χ2n) is 8.39. The molecule has 1 fully saturated rings. The molecule has 2 aromatic rings. The molecule has 7 nitrogen and oxygen atoms in total. The lowest BCUT2D eigenvalue weighted by molar-refractivity contribution is 0.0194. The molecule has 0 radical (unpaired) electrons. The maximum absolute atomic E-state index is 12.8. The molecule has 1 N–H and O–H groups in total. The van der Waals surface area contributed by atoms with Crippen molar-refractivity contribution in [3.63, 3.8) is 0 Å². The zero-order chi connectivity index (χ0) is 20.9. The number of nitrogens with zero attached hydrogens (tertiary/aromatic N) is 3. The first-order chi connectivity index (χ1) is 13.9. The largest absolute Gasteiger partial charge is 0.497 e. The molecule has 3 rings (SSSR count). The third kappa shape index (κ3) is 5.73. The average molecular weight is 401 g/mol. The molecule has 2 heterocycles. The molecule has 0 spiro atoms. The standard InChI is InChI=1S/C22H32N4O3/c1-22(2,3)29-21(27)26-13-5-6-19(26)20(17-7-9-18(28-4)10-8-17)24-12-15-25-14-11-23-16-25/h7-11,14,16,19-20,24H,5-6,12-13,15H2,1-4H3/t19-,20-/m0/s1.